The monoisotopic (exact) mass is 269 g/mol. The van der Waals surface area contributed by atoms with Crippen LogP contribution in [0, 0.1) is 0 Å². The number of nitrogens with zero attached hydrogens (tertiary/aromatic N) is 1. The van der Waals surface area contributed by atoms with E-state index in [-0.39, 0.29) is 11.7 Å². The van der Waals surface area contributed by atoms with E-state index in [1.165, 1.54) is 0 Å². The molecule has 0 saturated heterocycles. The minimum atomic E-state index is -0.129. The molecule has 0 saturated carbocycles. The van der Waals surface area contributed by atoms with E-state index in [9.17, 15) is 4.79 Å². The number of amides is 1. The Morgan fingerprint density at radius 3 is 2.61 bits per heavy atom. The maximum atomic E-state index is 11.7. The van der Waals surface area contributed by atoms with Gasteiger partial charge in [-0.3, -0.25) is 4.79 Å². The van der Waals surface area contributed by atoms with Crippen LogP contribution < -0.4 is 11.1 Å². The van der Waals surface area contributed by atoms with Gasteiger partial charge in [-0.25, -0.2) is 0 Å². The van der Waals surface area contributed by atoms with Crippen molar-refractivity contribution in [3.05, 3.63) is 34.9 Å². The normalized spacial score (nSPS) is 11.3. The number of benzene rings is 1. The number of nitrogens with two attached hydrogens (primary N) is 1. The highest BCUT2D eigenvalue weighted by Crippen LogP contribution is 2.09. The molecule has 0 spiro atoms. The minimum absolute atomic E-state index is 0.129. The number of amidine groups is 1. The highest BCUT2D eigenvalue weighted by atomic mass is 35.5. The van der Waals surface area contributed by atoms with Crippen LogP contribution in [0.5, 0.6) is 0 Å². The van der Waals surface area contributed by atoms with Crippen LogP contribution in [0.15, 0.2) is 29.4 Å². The Hall–Kier alpha value is -1.75. The van der Waals surface area contributed by atoms with Crippen LogP contribution in [0.2, 0.25) is 5.02 Å². The van der Waals surface area contributed by atoms with Crippen molar-refractivity contribution in [1.82, 2.24) is 5.32 Å². The van der Waals surface area contributed by atoms with Crippen LogP contribution >= 0.6 is 11.6 Å². The number of rotatable bonds is 6. The Kier molecular flexibility index (Phi) is 6.00. The Balaban J connectivity index is 2.23. The Bertz CT molecular complexity index is 418. The van der Waals surface area contributed by atoms with E-state index >= 15 is 0 Å². The van der Waals surface area contributed by atoms with Gasteiger partial charge in [-0.15, -0.1) is 0 Å². The van der Waals surface area contributed by atoms with E-state index in [1.54, 1.807) is 24.3 Å². The van der Waals surface area contributed by atoms with E-state index in [1.807, 2.05) is 0 Å². The van der Waals surface area contributed by atoms with Gasteiger partial charge in [-0.1, -0.05) is 16.8 Å². The van der Waals surface area contributed by atoms with Crippen LogP contribution in [0.25, 0.3) is 0 Å². The molecule has 0 aliphatic carbocycles. The molecular formula is C12H16ClN3O2. The maximum Gasteiger partial charge on any atom is 0.251 e. The number of hydrogen-bond acceptors (Lipinski definition) is 3. The third-order valence-corrected chi connectivity index (χ3v) is 2.63. The molecule has 18 heavy (non-hydrogen) atoms. The Morgan fingerprint density at radius 2 is 2.00 bits per heavy atom. The number of carbonyl (C=O) groups is 1. The van der Waals surface area contributed by atoms with E-state index in [2.05, 4.69) is 10.5 Å². The average molecular weight is 270 g/mol. The van der Waals surface area contributed by atoms with Gasteiger partial charge < -0.3 is 16.3 Å². The van der Waals surface area contributed by atoms with Crippen LogP contribution in [0.4, 0.5) is 0 Å². The summed E-state index contributed by atoms with van der Waals surface area (Å²) in [6, 6.07) is 6.70. The second kappa shape index (κ2) is 7.55. The average Bonchev–Trinajstić information content (AvgIpc) is 2.38. The first-order chi connectivity index (χ1) is 8.63. The molecule has 0 fully saturated rings. The van der Waals surface area contributed by atoms with Gasteiger partial charge in [0, 0.05) is 23.6 Å². The summed E-state index contributed by atoms with van der Waals surface area (Å²) in [6.45, 7) is 0.556. The summed E-state index contributed by atoms with van der Waals surface area (Å²) < 4.78 is 0. The molecule has 1 amide bonds. The zero-order valence-electron chi connectivity index (χ0n) is 9.90. The van der Waals surface area contributed by atoms with Crippen molar-refractivity contribution in [1.29, 1.82) is 0 Å². The quantitative estimate of drug-likeness (QED) is 0.243. The maximum absolute atomic E-state index is 11.7. The lowest BCUT2D eigenvalue weighted by Gasteiger charge is -2.05. The van der Waals surface area contributed by atoms with Gasteiger partial charge in [0.25, 0.3) is 5.91 Å². The standard InChI is InChI=1S/C12H16ClN3O2/c13-10-6-4-9(5-7-10)12(17)15-8-2-1-3-11(14)16-18/h4-7,18H,1-3,8H2,(H2,14,16)(H,15,17). The largest absolute Gasteiger partial charge is 0.409 e. The van der Waals surface area contributed by atoms with Gasteiger partial charge in [0.15, 0.2) is 0 Å². The van der Waals surface area contributed by atoms with E-state index in [4.69, 9.17) is 22.5 Å². The van der Waals surface area contributed by atoms with Gasteiger partial charge in [0.2, 0.25) is 0 Å². The highest BCUT2D eigenvalue weighted by Gasteiger charge is 2.03. The molecule has 6 heteroatoms. The molecular weight excluding hydrogens is 254 g/mol. The molecule has 0 aliphatic heterocycles. The lowest BCUT2D eigenvalue weighted by molar-refractivity contribution is 0.0953. The first kappa shape index (κ1) is 14.3. The smallest absolute Gasteiger partial charge is 0.251 e. The molecule has 0 heterocycles. The van der Waals surface area contributed by atoms with Gasteiger partial charge in [0.1, 0.15) is 5.84 Å². The van der Waals surface area contributed by atoms with Crippen LogP contribution in [-0.2, 0) is 0 Å². The topological polar surface area (TPSA) is 87.7 Å². The van der Waals surface area contributed by atoms with Gasteiger partial charge in [0.05, 0.1) is 0 Å². The number of unbranched alkanes of at least 4 members (excludes halogenated alkanes) is 1. The van der Waals surface area contributed by atoms with Gasteiger partial charge in [-0.05, 0) is 37.1 Å². The molecule has 0 radical (unpaired) electrons. The molecule has 5 nitrogen and oxygen atoms in total. The van der Waals surface area contributed by atoms with Crippen molar-refractivity contribution in [3.63, 3.8) is 0 Å². The van der Waals surface area contributed by atoms with E-state index in [0.717, 1.165) is 12.8 Å². The summed E-state index contributed by atoms with van der Waals surface area (Å²) in [5.74, 6) is 0.0782. The molecule has 1 aromatic rings. The Labute approximate surface area is 111 Å². The fourth-order valence-electron chi connectivity index (χ4n) is 1.39. The van der Waals surface area contributed by atoms with Crippen molar-refractivity contribution in [3.8, 4) is 0 Å². The van der Waals surface area contributed by atoms with Crippen molar-refractivity contribution < 1.29 is 10.0 Å². The third kappa shape index (κ3) is 5.05. The zero-order chi connectivity index (χ0) is 13.4. The summed E-state index contributed by atoms with van der Waals surface area (Å²) in [5.41, 5.74) is 5.90. The number of hydrogen-bond donors (Lipinski definition) is 3. The van der Waals surface area contributed by atoms with E-state index in [0.29, 0.717) is 23.6 Å². The number of halogens is 1. The summed E-state index contributed by atoms with van der Waals surface area (Å²) in [5, 5.41) is 14.6. The first-order valence-corrected chi connectivity index (χ1v) is 6.01. The summed E-state index contributed by atoms with van der Waals surface area (Å²) in [6.07, 6.45) is 2.06. The summed E-state index contributed by atoms with van der Waals surface area (Å²) >= 11 is 5.73. The molecule has 98 valence electrons. The van der Waals surface area contributed by atoms with Gasteiger partial charge in [-0.2, -0.15) is 0 Å². The molecule has 0 aliphatic rings. The molecule has 1 aromatic carbocycles. The van der Waals surface area contributed by atoms with Crippen LogP contribution in [-0.4, -0.2) is 23.5 Å². The zero-order valence-corrected chi connectivity index (χ0v) is 10.7. The highest BCUT2D eigenvalue weighted by molar-refractivity contribution is 6.30. The summed E-state index contributed by atoms with van der Waals surface area (Å²) in [7, 11) is 0. The second-order valence-electron chi connectivity index (χ2n) is 3.81. The molecule has 0 unspecified atom stereocenters. The number of nitrogens with one attached hydrogen (secondary N) is 1. The lowest BCUT2D eigenvalue weighted by atomic mass is 10.2. The SMILES string of the molecule is NC(CCCCNC(=O)c1ccc(Cl)cc1)=NO. The molecule has 0 aromatic heterocycles. The second-order valence-corrected chi connectivity index (χ2v) is 4.25. The third-order valence-electron chi connectivity index (χ3n) is 2.38. The number of oxime groups is 1. The van der Waals surface area contributed by atoms with Crippen LogP contribution in [0.3, 0.4) is 0 Å². The lowest BCUT2D eigenvalue weighted by Crippen LogP contribution is -2.24. The molecule has 1 rings (SSSR count). The van der Waals surface area contributed by atoms with E-state index < -0.39 is 0 Å². The van der Waals surface area contributed by atoms with Crippen molar-refractivity contribution in [2.75, 3.05) is 6.54 Å². The Morgan fingerprint density at radius 1 is 1.33 bits per heavy atom. The molecule has 4 N–H and O–H groups in total. The molecule has 0 atom stereocenters. The van der Waals surface area contributed by atoms with Crippen molar-refractivity contribution in [2.24, 2.45) is 10.9 Å². The minimum Gasteiger partial charge on any atom is -0.409 e. The van der Waals surface area contributed by atoms with Crippen molar-refractivity contribution in [2.45, 2.75) is 19.3 Å². The summed E-state index contributed by atoms with van der Waals surface area (Å²) in [4.78, 5) is 11.7. The van der Waals surface area contributed by atoms with Crippen molar-refractivity contribution >= 4 is 23.3 Å². The predicted molar refractivity (Wildman–Crippen MR) is 71.0 cm³/mol. The first-order valence-electron chi connectivity index (χ1n) is 5.63. The number of carbonyl (C=O) groups excluding carboxylic acids is 1. The fraction of sp³-hybridized carbons (Fsp3) is 0.333. The fourth-order valence-corrected chi connectivity index (χ4v) is 1.51. The molecule has 0 bridgehead atoms. The predicted octanol–water partition coefficient (Wildman–Crippen LogP) is 1.99. The van der Waals surface area contributed by atoms with Crippen LogP contribution in [0.1, 0.15) is 29.6 Å². The van der Waals surface area contributed by atoms with Gasteiger partial charge >= 0.3 is 0 Å².